The van der Waals surface area contributed by atoms with E-state index >= 15 is 0 Å². The van der Waals surface area contributed by atoms with E-state index in [9.17, 15) is 9.59 Å². The Balaban J connectivity index is 1.71. The maximum absolute atomic E-state index is 12.1. The Labute approximate surface area is 168 Å². The van der Waals surface area contributed by atoms with Gasteiger partial charge in [-0.25, -0.2) is 0 Å². The predicted octanol–water partition coefficient (Wildman–Crippen LogP) is 4.08. The van der Waals surface area contributed by atoms with Gasteiger partial charge in [-0.1, -0.05) is 29.8 Å². The minimum Gasteiger partial charge on any atom is -0.496 e. The average Bonchev–Trinajstić information content (AvgIpc) is 2.67. The van der Waals surface area contributed by atoms with Crippen molar-refractivity contribution < 1.29 is 19.1 Å². The molecule has 0 spiro atoms. The molecule has 0 unspecified atom stereocenters. The van der Waals surface area contributed by atoms with Crippen molar-refractivity contribution in [2.45, 2.75) is 30.9 Å². The maximum atomic E-state index is 12.1. The van der Waals surface area contributed by atoms with Crippen LogP contribution in [-0.2, 0) is 20.9 Å². The minimum absolute atomic E-state index is 0.220. The van der Waals surface area contributed by atoms with Crippen molar-refractivity contribution in [3.63, 3.8) is 0 Å². The first-order chi connectivity index (χ1) is 13.0. The van der Waals surface area contributed by atoms with Gasteiger partial charge in [0.1, 0.15) is 5.75 Å². The highest BCUT2D eigenvalue weighted by Gasteiger charge is 2.17. The zero-order valence-corrected chi connectivity index (χ0v) is 16.8. The van der Waals surface area contributed by atoms with E-state index in [2.05, 4.69) is 5.32 Å². The third-order valence-electron chi connectivity index (χ3n) is 3.71. The molecule has 1 amide bonds. The molecule has 0 aromatic heterocycles. The van der Waals surface area contributed by atoms with E-state index in [1.165, 1.54) is 11.8 Å². The first kappa shape index (κ1) is 21.1. The van der Waals surface area contributed by atoms with Gasteiger partial charge in [0.2, 0.25) is 0 Å². The Kier molecular flexibility index (Phi) is 8.48. The van der Waals surface area contributed by atoms with Gasteiger partial charge in [-0.05, 0) is 37.3 Å². The lowest BCUT2D eigenvalue weighted by Gasteiger charge is -2.14. The molecular formula is C20H22ClNO4S. The average molecular weight is 408 g/mol. The molecule has 0 fully saturated rings. The molecule has 144 valence electrons. The lowest BCUT2D eigenvalue weighted by molar-refractivity contribution is -0.154. The quantitative estimate of drug-likeness (QED) is 0.501. The molecule has 2 aromatic rings. The highest BCUT2D eigenvalue weighted by atomic mass is 35.5. The van der Waals surface area contributed by atoms with E-state index in [-0.39, 0.29) is 12.3 Å². The lowest BCUT2D eigenvalue weighted by Crippen LogP contribution is -2.35. The molecule has 0 saturated heterocycles. The number of hydrogen-bond acceptors (Lipinski definition) is 5. The molecule has 0 bridgehead atoms. The first-order valence-corrected chi connectivity index (χ1v) is 9.83. The topological polar surface area (TPSA) is 64.6 Å². The van der Waals surface area contributed by atoms with Crippen LogP contribution in [0.15, 0.2) is 53.4 Å². The summed E-state index contributed by atoms with van der Waals surface area (Å²) < 4.78 is 10.4. The van der Waals surface area contributed by atoms with Gasteiger partial charge in [-0.15, -0.1) is 11.8 Å². The van der Waals surface area contributed by atoms with Gasteiger partial charge in [0.25, 0.3) is 5.91 Å². The number of rotatable bonds is 9. The molecule has 0 aliphatic rings. The number of benzene rings is 2. The van der Waals surface area contributed by atoms with Gasteiger partial charge in [0.05, 0.1) is 13.5 Å². The van der Waals surface area contributed by atoms with Gasteiger partial charge in [0, 0.05) is 27.8 Å². The molecule has 0 aliphatic carbocycles. The number of halogens is 1. The van der Waals surface area contributed by atoms with Gasteiger partial charge in [0.15, 0.2) is 6.10 Å². The van der Waals surface area contributed by atoms with Crippen molar-refractivity contribution >= 4 is 35.2 Å². The number of amides is 1. The van der Waals surface area contributed by atoms with Gasteiger partial charge in [-0.3, -0.25) is 9.59 Å². The molecule has 2 aromatic carbocycles. The Morgan fingerprint density at radius 2 is 1.85 bits per heavy atom. The molecule has 1 N–H and O–H groups in total. The molecule has 5 nitrogen and oxygen atoms in total. The van der Waals surface area contributed by atoms with Gasteiger partial charge >= 0.3 is 5.97 Å². The van der Waals surface area contributed by atoms with Crippen molar-refractivity contribution in [2.75, 3.05) is 12.9 Å². The van der Waals surface area contributed by atoms with Gasteiger partial charge < -0.3 is 14.8 Å². The number of hydrogen-bond donors (Lipinski definition) is 1. The fourth-order valence-electron chi connectivity index (χ4n) is 2.27. The number of para-hydroxylation sites is 1. The zero-order chi connectivity index (χ0) is 19.6. The third-order valence-corrected chi connectivity index (χ3v) is 4.98. The van der Waals surface area contributed by atoms with E-state index < -0.39 is 12.1 Å². The van der Waals surface area contributed by atoms with E-state index in [4.69, 9.17) is 21.1 Å². The van der Waals surface area contributed by atoms with Crippen LogP contribution in [0.25, 0.3) is 0 Å². The highest BCUT2D eigenvalue weighted by molar-refractivity contribution is 7.99. The van der Waals surface area contributed by atoms with E-state index in [0.717, 1.165) is 10.5 Å². The van der Waals surface area contributed by atoms with Crippen LogP contribution in [0.3, 0.4) is 0 Å². The predicted molar refractivity (Wildman–Crippen MR) is 107 cm³/mol. The molecule has 7 heteroatoms. The number of methoxy groups -OCH3 is 1. The molecule has 2 rings (SSSR count). The van der Waals surface area contributed by atoms with Crippen LogP contribution in [0.1, 0.15) is 18.9 Å². The summed E-state index contributed by atoms with van der Waals surface area (Å²) in [5.74, 6) is 0.508. The second-order valence-corrected chi connectivity index (χ2v) is 7.32. The van der Waals surface area contributed by atoms with Crippen molar-refractivity contribution in [1.29, 1.82) is 0 Å². The molecule has 0 saturated carbocycles. The van der Waals surface area contributed by atoms with E-state index in [1.54, 1.807) is 26.2 Å². The van der Waals surface area contributed by atoms with Crippen LogP contribution in [0.2, 0.25) is 5.02 Å². The van der Waals surface area contributed by atoms with Crippen LogP contribution >= 0.6 is 23.4 Å². The molecule has 0 aliphatic heterocycles. The van der Waals surface area contributed by atoms with Crippen molar-refractivity contribution in [3.05, 3.63) is 59.1 Å². The summed E-state index contributed by atoms with van der Waals surface area (Å²) in [5, 5.41) is 3.43. The van der Waals surface area contributed by atoms with Crippen LogP contribution in [0.4, 0.5) is 0 Å². The second kappa shape index (κ2) is 10.8. The Hall–Kier alpha value is -2.18. The fourth-order valence-corrected chi connectivity index (χ4v) is 3.23. The monoisotopic (exact) mass is 407 g/mol. The maximum Gasteiger partial charge on any atom is 0.307 e. The van der Waals surface area contributed by atoms with E-state index in [0.29, 0.717) is 23.1 Å². The molecule has 0 radical (unpaired) electrons. The summed E-state index contributed by atoms with van der Waals surface area (Å²) in [6.07, 6.45) is -0.634. The zero-order valence-electron chi connectivity index (χ0n) is 15.2. The van der Waals surface area contributed by atoms with Crippen LogP contribution < -0.4 is 10.1 Å². The third kappa shape index (κ3) is 7.15. The molecular weight excluding hydrogens is 386 g/mol. The Morgan fingerprint density at radius 1 is 1.15 bits per heavy atom. The van der Waals surface area contributed by atoms with Crippen molar-refractivity contribution in [2.24, 2.45) is 0 Å². The number of esters is 1. The molecule has 0 heterocycles. The largest absolute Gasteiger partial charge is 0.496 e. The molecule has 1 atom stereocenters. The van der Waals surface area contributed by atoms with Crippen molar-refractivity contribution in [3.8, 4) is 5.75 Å². The van der Waals surface area contributed by atoms with Crippen molar-refractivity contribution in [1.82, 2.24) is 5.32 Å². The highest BCUT2D eigenvalue weighted by Crippen LogP contribution is 2.21. The first-order valence-electron chi connectivity index (χ1n) is 8.47. The van der Waals surface area contributed by atoms with Crippen LogP contribution in [-0.4, -0.2) is 30.8 Å². The minimum atomic E-state index is -0.854. The fraction of sp³-hybridized carbons (Fsp3) is 0.300. The number of ether oxygens (including phenoxy) is 2. The van der Waals surface area contributed by atoms with Crippen LogP contribution in [0, 0.1) is 0 Å². The summed E-state index contributed by atoms with van der Waals surface area (Å²) in [6.45, 7) is 1.86. The SMILES string of the molecule is COc1ccccc1CNC(=O)[C@H](C)OC(=O)CCSc1ccc(Cl)cc1. The van der Waals surface area contributed by atoms with Gasteiger partial charge in [-0.2, -0.15) is 0 Å². The standard InChI is InChI=1S/C20H22ClNO4S/c1-14(20(24)22-13-15-5-3-4-6-18(15)25-2)26-19(23)11-12-27-17-9-7-16(21)8-10-17/h3-10,14H,11-13H2,1-2H3,(H,22,24)/t14-/m0/s1. The summed E-state index contributed by atoms with van der Waals surface area (Å²) in [4.78, 5) is 25.1. The Morgan fingerprint density at radius 3 is 2.56 bits per heavy atom. The number of carbonyl (C=O) groups is 2. The summed E-state index contributed by atoms with van der Waals surface area (Å²) in [7, 11) is 1.58. The number of carbonyl (C=O) groups excluding carboxylic acids is 2. The smallest absolute Gasteiger partial charge is 0.307 e. The summed E-state index contributed by atoms with van der Waals surface area (Å²) >= 11 is 7.37. The normalized spacial score (nSPS) is 11.5. The second-order valence-electron chi connectivity index (χ2n) is 5.71. The van der Waals surface area contributed by atoms with E-state index in [1.807, 2.05) is 36.4 Å². The summed E-state index contributed by atoms with van der Waals surface area (Å²) in [6, 6.07) is 14.8. The number of thioether (sulfide) groups is 1. The number of nitrogens with one attached hydrogen (secondary N) is 1. The molecule has 27 heavy (non-hydrogen) atoms. The lowest BCUT2D eigenvalue weighted by atomic mass is 10.2. The Bertz CT molecular complexity index is 767. The van der Waals surface area contributed by atoms with Crippen LogP contribution in [0.5, 0.6) is 5.75 Å². The summed E-state index contributed by atoms with van der Waals surface area (Å²) in [5.41, 5.74) is 0.853.